The number of anilines is 1. The first-order valence-electron chi connectivity index (χ1n) is 9.83. The van der Waals surface area contributed by atoms with E-state index >= 15 is 0 Å². The number of nitrogen functional groups attached to an aromatic ring is 1. The summed E-state index contributed by atoms with van der Waals surface area (Å²) in [6, 6.07) is 4.53. The molecule has 5 N–H and O–H groups in total. The molecule has 2 aromatic carbocycles. The lowest BCUT2D eigenvalue weighted by atomic mass is 9.60. The Balaban J connectivity index is 1.72. The number of benzene rings is 2. The number of nitrogens with one attached hydrogen (secondary N) is 1. The molecule has 2 aromatic rings. The van der Waals surface area contributed by atoms with Crippen LogP contribution in [0.2, 0.25) is 0 Å². The van der Waals surface area contributed by atoms with Crippen LogP contribution >= 0.6 is 0 Å². The molecule has 0 heterocycles. The van der Waals surface area contributed by atoms with Crippen LogP contribution in [0.5, 0.6) is 0 Å². The molecule has 3 heteroatoms. The van der Waals surface area contributed by atoms with Crippen molar-refractivity contribution in [2.45, 2.75) is 12.3 Å². The molecular weight excluding hydrogens is 342 g/mol. The van der Waals surface area contributed by atoms with E-state index in [4.69, 9.17) is 11.6 Å². The summed E-state index contributed by atoms with van der Waals surface area (Å²) in [6.07, 6.45) is 18.9. The van der Waals surface area contributed by atoms with E-state index in [0.717, 1.165) is 23.4 Å². The normalized spacial score (nSPS) is 24.5. The van der Waals surface area contributed by atoms with Crippen molar-refractivity contribution in [1.29, 1.82) is 0 Å². The van der Waals surface area contributed by atoms with Crippen LogP contribution < -0.4 is 17.0 Å². The molecule has 0 aliphatic heterocycles. The molecule has 0 radical (unpaired) electrons. The molecule has 2 unspecified atom stereocenters. The highest BCUT2D eigenvalue weighted by molar-refractivity contribution is 6.09. The first-order chi connectivity index (χ1) is 13.7. The van der Waals surface area contributed by atoms with Gasteiger partial charge < -0.3 is 11.2 Å². The summed E-state index contributed by atoms with van der Waals surface area (Å²) >= 11 is 0. The van der Waals surface area contributed by atoms with E-state index in [9.17, 15) is 0 Å². The van der Waals surface area contributed by atoms with Gasteiger partial charge >= 0.3 is 0 Å². The Labute approximate surface area is 163 Å². The fourth-order valence-electron chi connectivity index (χ4n) is 5.94. The predicted molar refractivity (Wildman–Crippen MR) is 116 cm³/mol. The van der Waals surface area contributed by atoms with Crippen molar-refractivity contribution in [1.82, 2.24) is 5.43 Å². The summed E-state index contributed by atoms with van der Waals surface area (Å²) in [5.74, 6) is 6.59. The third-order valence-corrected chi connectivity index (χ3v) is 6.97. The van der Waals surface area contributed by atoms with Gasteiger partial charge in [0.15, 0.2) is 0 Å². The minimum Gasteiger partial charge on any atom is -0.398 e. The average Bonchev–Trinajstić information content (AvgIpc) is 2.72. The zero-order valence-corrected chi connectivity index (χ0v) is 15.3. The van der Waals surface area contributed by atoms with Gasteiger partial charge in [0.1, 0.15) is 0 Å². The molecule has 0 fully saturated rings. The first kappa shape index (κ1) is 14.7. The topological polar surface area (TPSA) is 64.1 Å². The number of nitrogens with two attached hydrogens (primary N) is 2. The molecule has 5 aliphatic carbocycles. The van der Waals surface area contributed by atoms with Gasteiger partial charge in [-0.1, -0.05) is 42.5 Å². The summed E-state index contributed by atoms with van der Waals surface area (Å²) in [6.45, 7) is 0. The maximum atomic E-state index is 6.57. The van der Waals surface area contributed by atoms with E-state index in [1.165, 1.54) is 49.7 Å². The average molecular weight is 361 g/mol. The molecule has 28 heavy (non-hydrogen) atoms. The number of allylic oxidation sites excluding steroid dienone is 8. The molecule has 0 saturated heterocycles. The van der Waals surface area contributed by atoms with Gasteiger partial charge in [-0.15, -0.1) is 0 Å². The monoisotopic (exact) mass is 361 g/mol. The Morgan fingerprint density at radius 3 is 2.75 bits per heavy atom. The highest BCUT2D eigenvalue weighted by atomic mass is 15.2. The lowest BCUT2D eigenvalue weighted by Gasteiger charge is -2.44. The largest absolute Gasteiger partial charge is 0.398 e. The van der Waals surface area contributed by atoms with Crippen molar-refractivity contribution >= 4 is 34.7 Å². The molecule has 0 saturated carbocycles. The van der Waals surface area contributed by atoms with Crippen molar-refractivity contribution in [3.8, 4) is 0 Å². The van der Waals surface area contributed by atoms with Crippen molar-refractivity contribution in [3.63, 3.8) is 0 Å². The van der Waals surface area contributed by atoms with Gasteiger partial charge in [-0.25, -0.2) is 0 Å². The van der Waals surface area contributed by atoms with E-state index in [1.54, 1.807) is 0 Å². The van der Waals surface area contributed by atoms with E-state index in [1.807, 2.05) is 0 Å². The molecule has 0 aromatic heterocycles. The van der Waals surface area contributed by atoms with Crippen LogP contribution in [0.3, 0.4) is 0 Å². The fourth-order valence-corrected chi connectivity index (χ4v) is 5.94. The number of rotatable bonds is 1. The van der Waals surface area contributed by atoms with E-state index in [0.29, 0.717) is 5.92 Å². The minimum absolute atomic E-state index is 0.282. The summed E-state index contributed by atoms with van der Waals surface area (Å²) in [5, 5.41) is 2.73. The Bertz CT molecular complexity index is 1330. The number of hydrazine groups is 1. The summed E-state index contributed by atoms with van der Waals surface area (Å²) in [7, 11) is 0. The lowest BCUT2D eigenvalue weighted by Crippen LogP contribution is -2.35. The predicted octanol–water partition coefficient (Wildman–Crippen LogP) is 4.34. The molecular formula is C25H19N3. The number of hydrogen-bond acceptors (Lipinski definition) is 3. The Morgan fingerprint density at radius 2 is 1.86 bits per heavy atom. The van der Waals surface area contributed by atoms with Crippen molar-refractivity contribution in [2.75, 3.05) is 5.73 Å². The molecule has 7 rings (SSSR count). The van der Waals surface area contributed by atoms with E-state index in [-0.39, 0.29) is 5.92 Å². The van der Waals surface area contributed by atoms with Gasteiger partial charge in [0.25, 0.3) is 0 Å². The maximum absolute atomic E-state index is 6.57. The van der Waals surface area contributed by atoms with Crippen LogP contribution in [0, 0.1) is 5.92 Å². The van der Waals surface area contributed by atoms with Gasteiger partial charge in [0, 0.05) is 23.1 Å². The van der Waals surface area contributed by atoms with Crippen molar-refractivity contribution in [2.24, 2.45) is 11.8 Å². The van der Waals surface area contributed by atoms with Crippen LogP contribution in [0.1, 0.15) is 33.7 Å². The van der Waals surface area contributed by atoms with Gasteiger partial charge in [-0.2, -0.15) is 0 Å². The van der Waals surface area contributed by atoms with Gasteiger partial charge in [0.2, 0.25) is 0 Å². The SMILES string of the molecule is NNC1=CC2=CC=CC3=Cc4cc5c6c(cc(N)c7c6c4C(C1=C7)C23)C=CC5. The summed E-state index contributed by atoms with van der Waals surface area (Å²) in [5.41, 5.74) is 21.9. The standard InChI is InChI=1S/C25H19N3/c26-19-9-14-5-1-3-12-7-16-8-13-4-2-6-15-10-20(28-27)18-11-17(19)24(21(12)14)23(16)25(18)22(13)15/h1-2,4-11,22,25,28H,3,26-27H2. The molecule has 5 aliphatic rings. The molecule has 134 valence electrons. The Kier molecular flexibility index (Phi) is 2.50. The van der Waals surface area contributed by atoms with Crippen molar-refractivity contribution in [3.05, 3.63) is 92.7 Å². The fraction of sp³-hybridized carbons (Fsp3) is 0.120. The van der Waals surface area contributed by atoms with Crippen LogP contribution in [-0.2, 0) is 6.42 Å². The Morgan fingerprint density at radius 1 is 0.929 bits per heavy atom. The number of hydrogen-bond donors (Lipinski definition) is 3. The smallest absolute Gasteiger partial charge is 0.0526 e. The molecule has 3 nitrogen and oxygen atoms in total. The minimum atomic E-state index is 0.282. The third-order valence-electron chi connectivity index (χ3n) is 6.97. The maximum Gasteiger partial charge on any atom is 0.0526 e. The quantitative estimate of drug-likeness (QED) is 0.402. The zero-order chi connectivity index (χ0) is 18.6. The molecule has 2 atom stereocenters. The first-order valence-corrected chi connectivity index (χ1v) is 9.83. The van der Waals surface area contributed by atoms with Gasteiger partial charge in [-0.05, 0) is 74.4 Å². The van der Waals surface area contributed by atoms with Crippen molar-refractivity contribution < 1.29 is 0 Å². The highest BCUT2D eigenvalue weighted by Gasteiger charge is 2.43. The van der Waals surface area contributed by atoms with E-state index in [2.05, 4.69) is 66.2 Å². The van der Waals surface area contributed by atoms with Gasteiger partial charge in [0.05, 0.1) is 5.70 Å². The van der Waals surface area contributed by atoms with Crippen LogP contribution in [-0.4, -0.2) is 0 Å². The van der Waals surface area contributed by atoms with Crippen LogP contribution in [0.4, 0.5) is 5.69 Å². The second kappa shape index (κ2) is 4.75. The second-order valence-electron chi connectivity index (χ2n) is 8.29. The highest BCUT2D eigenvalue weighted by Crippen LogP contribution is 2.58. The van der Waals surface area contributed by atoms with Gasteiger partial charge in [-0.3, -0.25) is 5.84 Å². The molecule has 0 amide bonds. The zero-order valence-electron chi connectivity index (χ0n) is 15.3. The molecule has 0 spiro atoms. The lowest BCUT2D eigenvalue weighted by molar-refractivity contribution is 0.599. The van der Waals surface area contributed by atoms with Crippen LogP contribution in [0.15, 0.2) is 64.9 Å². The third kappa shape index (κ3) is 1.56. The summed E-state index contributed by atoms with van der Waals surface area (Å²) in [4.78, 5) is 0. The molecule has 0 bridgehead atoms. The second-order valence-corrected chi connectivity index (χ2v) is 8.29. The van der Waals surface area contributed by atoms with E-state index < -0.39 is 0 Å². The Hall–Kier alpha value is -3.30. The van der Waals surface area contributed by atoms with Crippen LogP contribution in [0.25, 0.3) is 29.0 Å². The summed E-state index contributed by atoms with van der Waals surface area (Å²) < 4.78 is 0.